The molecule has 0 saturated carbocycles. The van der Waals surface area contributed by atoms with Crippen molar-refractivity contribution in [3.05, 3.63) is 58.1 Å². The van der Waals surface area contributed by atoms with Crippen LogP contribution in [-0.4, -0.2) is 48.8 Å². The van der Waals surface area contributed by atoms with E-state index in [1.54, 1.807) is 6.07 Å². The standard InChI is InChI=1S/C22H27Cl2N3OS/c1-26-13-10-17(11-14-26)16-6-8-18(9-7-16)25-21(28)12-15-27(2)29-20-5-3-4-19(23)22(20)24/h3-9,17H,10-15H2,1-2H3,(H,25,28). The number of carbonyl (C=O) groups is 1. The van der Waals surface area contributed by atoms with Gasteiger partial charge in [0.2, 0.25) is 5.91 Å². The van der Waals surface area contributed by atoms with Crippen LogP contribution in [0.4, 0.5) is 5.69 Å². The van der Waals surface area contributed by atoms with E-state index >= 15 is 0 Å². The van der Waals surface area contributed by atoms with Crippen molar-refractivity contribution in [3.8, 4) is 0 Å². The zero-order valence-electron chi connectivity index (χ0n) is 16.8. The summed E-state index contributed by atoms with van der Waals surface area (Å²) < 4.78 is 1.99. The third kappa shape index (κ3) is 6.63. The van der Waals surface area contributed by atoms with E-state index in [4.69, 9.17) is 23.2 Å². The molecule has 1 aliphatic heterocycles. The number of amides is 1. The summed E-state index contributed by atoms with van der Waals surface area (Å²) in [6.45, 7) is 2.90. The van der Waals surface area contributed by atoms with Crippen LogP contribution in [0.3, 0.4) is 0 Å². The Labute approximate surface area is 187 Å². The van der Waals surface area contributed by atoms with Crippen molar-refractivity contribution < 1.29 is 4.79 Å². The average Bonchev–Trinajstić information content (AvgIpc) is 2.71. The van der Waals surface area contributed by atoms with Crippen molar-refractivity contribution in [2.75, 3.05) is 39.0 Å². The van der Waals surface area contributed by atoms with Gasteiger partial charge in [0.05, 0.1) is 10.0 Å². The number of benzene rings is 2. The van der Waals surface area contributed by atoms with Gasteiger partial charge in [-0.3, -0.25) is 4.79 Å². The van der Waals surface area contributed by atoms with E-state index in [0.717, 1.165) is 23.7 Å². The van der Waals surface area contributed by atoms with E-state index in [1.807, 2.05) is 35.6 Å². The lowest BCUT2D eigenvalue weighted by Gasteiger charge is -2.29. The molecule has 1 N–H and O–H groups in total. The molecule has 0 radical (unpaired) electrons. The van der Waals surface area contributed by atoms with E-state index in [1.165, 1.54) is 30.4 Å². The van der Waals surface area contributed by atoms with Crippen molar-refractivity contribution >= 4 is 46.7 Å². The Morgan fingerprint density at radius 2 is 1.86 bits per heavy atom. The minimum absolute atomic E-state index is 0.00156. The normalized spacial score (nSPS) is 15.6. The van der Waals surface area contributed by atoms with Crippen LogP contribution >= 0.6 is 35.1 Å². The van der Waals surface area contributed by atoms with Gasteiger partial charge in [-0.05, 0) is 87.7 Å². The molecule has 1 amide bonds. The van der Waals surface area contributed by atoms with Crippen molar-refractivity contribution in [1.29, 1.82) is 0 Å². The van der Waals surface area contributed by atoms with Crippen molar-refractivity contribution in [3.63, 3.8) is 0 Å². The van der Waals surface area contributed by atoms with Gasteiger partial charge in [0.25, 0.3) is 0 Å². The highest BCUT2D eigenvalue weighted by molar-refractivity contribution is 7.97. The van der Waals surface area contributed by atoms with Gasteiger partial charge in [0, 0.05) is 23.5 Å². The van der Waals surface area contributed by atoms with Crippen LogP contribution in [0, 0.1) is 0 Å². The minimum atomic E-state index is 0.00156. The molecule has 1 saturated heterocycles. The lowest BCUT2D eigenvalue weighted by Crippen LogP contribution is -2.29. The molecule has 156 valence electrons. The van der Waals surface area contributed by atoms with E-state index < -0.39 is 0 Å². The van der Waals surface area contributed by atoms with Crippen LogP contribution in [0.25, 0.3) is 0 Å². The van der Waals surface area contributed by atoms with E-state index in [0.29, 0.717) is 28.9 Å². The molecule has 1 aliphatic rings. The lowest BCUT2D eigenvalue weighted by atomic mass is 9.89. The third-order valence-corrected chi connectivity index (χ3v) is 7.17. The summed E-state index contributed by atoms with van der Waals surface area (Å²) >= 11 is 13.8. The number of anilines is 1. The van der Waals surface area contributed by atoms with E-state index in [2.05, 4.69) is 29.4 Å². The Bertz CT molecular complexity index is 823. The molecule has 1 fully saturated rings. The van der Waals surface area contributed by atoms with Crippen molar-refractivity contribution in [2.45, 2.75) is 30.1 Å². The molecule has 0 aliphatic carbocycles. The molecule has 0 aromatic heterocycles. The Balaban J connectivity index is 1.45. The Kier molecular flexibility index (Phi) is 8.27. The highest BCUT2D eigenvalue weighted by atomic mass is 35.5. The van der Waals surface area contributed by atoms with Gasteiger partial charge in [0.1, 0.15) is 0 Å². The summed E-state index contributed by atoms with van der Waals surface area (Å²) in [6, 6.07) is 13.9. The average molecular weight is 452 g/mol. The molecule has 29 heavy (non-hydrogen) atoms. The fourth-order valence-corrected chi connectivity index (χ4v) is 4.74. The summed E-state index contributed by atoms with van der Waals surface area (Å²) in [5, 5.41) is 4.06. The monoisotopic (exact) mass is 451 g/mol. The molecule has 7 heteroatoms. The third-order valence-electron chi connectivity index (χ3n) is 5.21. The van der Waals surface area contributed by atoms with Crippen LogP contribution in [0.2, 0.25) is 10.0 Å². The highest BCUT2D eigenvalue weighted by Gasteiger charge is 2.18. The van der Waals surface area contributed by atoms with Crippen molar-refractivity contribution in [1.82, 2.24) is 9.21 Å². The molecule has 4 nitrogen and oxygen atoms in total. The predicted octanol–water partition coefficient (Wildman–Crippen LogP) is 5.77. The minimum Gasteiger partial charge on any atom is -0.326 e. The van der Waals surface area contributed by atoms with Crippen LogP contribution < -0.4 is 5.32 Å². The Morgan fingerprint density at radius 1 is 1.17 bits per heavy atom. The maximum Gasteiger partial charge on any atom is 0.225 e. The van der Waals surface area contributed by atoms with Gasteiger partial charge in [-0.2, -0.15) is 0 Å². The van der Waals surface area contributed by atoms with E-state index in [-0.39, 0.29) is 5.91 Å². The highest BCUT2D eigenvalue weighted by Crippen LogP contribution is 2.34. The number of likely N-dealkylation sites (tertiary alicyclic amines) is 1. The molecule has 2 aromatic carbocycles. The number of rotatable bonds is 7. The van der Waals surface area contributed by atoms with Crippen LogP contribution in [0.15, 0.2) is 47.4 Å². The number of nitrogens with zero attached hydrogens (tertiary/aromatic N) is 2. The molecular weight excluding hydrogens is 425 g/mol. The fourth-order valence-electron chi connectivity index (χ4n) is 3.43. The van der Waals surface area contributed by atoms with Crippen LogP contribution in [-0.2, 0) is 4.79 Å². The number of piperidine rings is 1. The maximum atomic E-state index is 12.3. The lowest BCUT2D eigenvalue weighted by molar-refractivity contribution is -0.116. The number of nitrogens with one attached hydrogen (secondary N) is 1. The molecule has 0 bridgehead atoms. The second kappa shape index (κ2) is 10.7. The summed E-state index contributed by atoms with van der Waals surface area (Å²) in [5.74, 6) is 0.627. The topological polar surface area (TPSA) is 35.6 Å². The largest absolute Gasteiger partial charge is 0.326 e. The Hall–Kier alpha value is -1.24. The van der Waals surface area contributed by atoms with Gasteiger partial charge in [-0.25, -0.2) is 4.31 Å². The van der Waals surface area contributed by atoms with Crippen LogP contribution in [0.1, 0.15) is 30.7 Å². The molecule has 3 rings (SSSR count). The molecule has 0 unspecified atom stereocenters. The summed E-state index contributed by atoms with van der Waals surface area (Å²) in [5.41, 5.74) is 2.21. The Morgan fingerprint density at radius 3 is 2.55 bits per heavy atom. The number of hydrogen-bond acceptors (Lipinski definition) is 4. The SMILES string of the molecule is CN1CCC(c2ccc(NC(=O)CCN(C)Sc3cccc(Cl)c3Cl)cc2)CC1. The summed E-state index contributed by atoms with van der Waals surface area (Å²) in [6.07, 6.45) is 2.80. The zero-order valence-corrected chi connectivity index (χ0v) is 19.2. The first-order chi connectivity index (χ1) is 13.9. The van der Waals surface area contributed by atoms with E-state index in [9.17, 15) is 4.79 Å². The van der Waals surface area contributed by atoms with Gasteiger partial charge in [0.15, 0.2) is 0 Å². The second-order valence-corrected chi connectivity index (χ2v) is 9.52. The first-order valence-corrected chi connectivity index (χ1v) is 11.4. The number of hydrogen-bond donors (Lipinski definition) is 1. The maximum absolute atomic E-state index is 12.3. The van der Waals surface area contributed by atoms with Crippen molar-refractivity contribution in [2.24, 2.45) is 0 Å². The number of halogens is 2. The molecule has 1 heterocycles. The first-order valence-electron chi connectivity index (χ1n) is 9.84. The smallest absolute Gasteiger partial charge is 0.225 e. The fraction of sp³-hybridized carbons (Fsp3) is 0.409. The molecule has 0 spiro atoms. The number of carbonyl (C=O) groups excluding carboxylic acids is 1. The van der Waals surface area contributed by atoms with Gasteiger partial charge < -0.3 is 10.2 Å². The van der Waals surface area contributed by atoms with Crippen LogP contribution in [0.5, 0.6) is 0 Å². The van der Waals surface area contributed by atoms with Gasteiger partial charge >= 0.3 is 0 Å². The molecular formula is C22H27Cl2N3OS. The molecule has 2 aromatic rings. The first kappa shape index (κ1) is 22.4. The summed E-state index contributed by atoms with van der Waals surface area (Å²) in [4.78, 5) is 15.6. The van der Waals surface area contributed by atoms with Gasteiger partial charge in [-0.15, -0.1) is 0 Å². The predicted molar refractivity (Wildman–Crippen MR) is 124 cm³/mol. The quantitative estimate of drug-likeness (QED) is 0.541. The second-order valence-electron chi connectivity index (χ2n) is 7.49. The van der Waals surface area contributed by atoms with Gasteiger partial charge in [-0.1, -0.05) is 41.4 Å². The zero-order chi connectivity index (χ0) is 20.8. The molecule has 0 atom stereocenters. The summed E-state index contributed by atoms with van der Waals surface area (Å²) in [7, 11) is 4.11.